The fraction of sp³-hybridized carbons (Fsp3) is 0.208. The van der Waals surface area contributed by atoms with Crippen LogP contribution in [0.2, 0.25) is 0 Å². The SMILES string of the molecule is COc1ccccc1-c1nnc(SCC(=O)c2cc(C)n(Cc3ccccc3)c2C)o1. The van der Waals surface area contributed by atoms with Crippen LogP contribution in [0.4, 0.5) is 0 Å². The summed E-state index contributed by atoms with van der Waals surface area (Å²) < 4.78 is 13.2. The van der Waals surface area contributed by atoms with Gasteiger partial charge in [0.2, 0.25) is 0 Å². The van der Waals surface area contributed by atoms with Crippen LogP contribution in [-0.2, 0) is 6.54 Å². The van der Waals surface area contributed by atoms with Crippen molar-refractivity contribution in [2.24, 2.45) is 0 Å². The number of benzene rings is 2. The van der Waals surface area contributed by atoms with Crippen molar-refractivity contribution < 1.29 is 13.9 Å². The summed E-state index contributed by atoms with van der Waals surface area (Å²) in [6.45, 7) is 4.75. The predicted molar refractivity (Wildman–Crippen MR) is 121 cm³/mol. The molecule has 158 valence electrons. The van der Waals surface area contributed by atoms with Crippen molar-refractivity contribution >= 4 is 17.5 Å². The molecule has 0 aliphatic rings. The van der Waals surface area contributed by atoms with Crippen LogP contribution in [0.1, 0.15) is 27.3 Å². The minimum atomic E-state index is 0.0365. The molecule has 0 aliphatic carbocycles. The number of aryl methyl sites for hydroxylation is 1. The second-order valence-corrected chi connectivity index (χ2v) is 8.07. The maximum absolute atomic E-state index is 12.9. The van der Waals surface area contributed by atoms with Gasteiger partial charge in [-0.2, -0.15) is 0 Å². The molecule has 0 saturated carbocycles. The molecule has 0 aliphatic heterocycles. The average Bonchev–Trinajstić information content (AvgIpc) is 3.38. The van der Waals surface area contributed by atoms with Crippen molar-refractivity contribution in [3.8, 4) is 17.2 Å². The molecular formula is C24H23N3O3S. The smallest absolute Gasteiger partial charge is 0.277 e. The third-order valence-electron chi connectivity index (χ3n) is 5.13. The highest BCUT2D eigenvalue weighted by Crippen LogP contribution is 2.30. The summed E-state index contributed by atoms with van der Waals surface area (Å²) in [5, 5.41) is 8.52. The molecule has 0 atom stereocenters. The summed E-state index contributed by atoms with van der Waals surface area (Å²) in [5.74, 6) is 1.29. The Bertz CT molecular complexity index is 1200. The van der Waals surface area contributed by atoms with Crippen molar-refractivity contribution in [2.45, 2.75) is 25.6 Å². The van der Waals surface area contributed by atoms with E-state index in [9.17, 15) is 4.79 Å². The van der Waals surface area contributed by atoms with Crippen molar-refractivity contribution in [2.75, 3.05) is 12.9 Å². The lowest BCUT2D eigenvalue weighted by atomic mass is 10.2. The molecule has 0 spiro atoms. The number of carbonyl (C=O) groups is 1. The topological polar surface area (TPSA) is 70.2 Å². The number of hydrogen-bond donors (Lipinski definition) is 0. The third kappa shape index (κ3) is 4.56. The van der Waals surface area contributed by atoms with Gasteiger partial charge in [0.05, 0.1) is 18.4 Å². The average molecular weight is 434 g/mol. The normalized spacial score (nSPS) is 10.9. The van der Waals surface area contributed by atoms with Gasteiger partial charge in [-0.25, -0.2) is 0 Å². The summed E-state index contributed by atoms with van der Waals surface area (Å²) >= 11 is 1.24. The monoisotopic (exact) mass is 433 g/mol. The van der Waals surface area contributed by atoms with E-state index in [4.69, 9.17) is 9.15 Å². The van der Waals surface area contributed by atoms with E-state index < -0.39 is 0 Å². The van der Waals surface area contributed by atoms with Gasteiger partial charge in [-0.3, -0.25) is 4.79 Å². The summed E-state index contributed by atoms with van der Waals surface area (Å²) in [5.41, 5.74) is 4.68. The Kier molecular flexibility index (Phi) is 6.23. The Balaban J connectivity index is 1.45. The van der Waals surface area contributed by atoms with Crippen LogP contribution in [-0.4, -0.2) is 33.4 Å². The molecule has 0 saturated heterocycles. The number of para-hydroxylation sites is 1. The Morgan fingerprint density at radius 2 is 1.81 bits per heavy atom. The van der Waals surface area contributed by atoms with E-state index in [0.29, 0.717) is 16.9 Å². The van der Waals surface area contributed by atoms with Gasteiger partial charge in [-0.05, 0) is 37.6 Å². The van der Waals surface area contributed by atoms with Gasteiger partial charge < -0.3 is 13.7 Å². The summed E-state index contributed by atoms with van der Waals surface area (Å²) in [6.07, 6.45) is 0. The highest BCUT2D eigenvalue weighted by Gasteiger charge is 2.18. The number of rotatable bonds is 8. The van der Waals surface area contributed by atoms with E-state index in [2.05, 4.69) is 26.9 Å². The second-order valence-electron chi connectivity index (χ2n) is 7.14. The van der Waals surface area contributed by atoms with Gasteiger partial charge in [-0.1, -0.05) is 54.2 Å². The van der Waals surface area contributed by atoms with E-state index in [1.807, 2.05) is 62.4 Å². The Hall–Kier alpha value is -3.32. The molecular weight excluding hydrogens is 410 g/mol. The van der Waals surface area contributed by atoms with E-state index >= 15 is 0 Å². The fourth-order valence-electron chi connectivity index (χ4n) is 3.50. The lowest BCUT2D eigenvalue weighted by molar-refractivity contribution is 0.102. The first-order valence-corrected chi connectivity index (χ1v) is 10.9. The molecule has 0 N–H and O–H groups in total. The van der Waals surface area contributed by atoms with Gasteiger partial charge in [-0.15, -0.1) is 10.2 Å². The van der Waals surface area contributed by atoms with E-state index in [0.717, 1.165) is 29.1 Å². The molecule has 0 amide bonds. The first-order valence-electron chi connectivity index (χ1n) is 9.90. The largest absolute Gasteiger partial charge is 0.496 e. The van der Waals surface area contributed by atoms with Crippen molar-refractivity contribution in [1.82, 2.24) is 14.8 Å². The zero-order chi connectivity index (χ0) is 21.8. The van der Waals surface area contributed by atoms with Crippen LogP contribution >= 0.6 is 11.8 Å². The molecule has 31 heavy (non-hydrogen) atoms. The first kappa shape index (κ1) is 20.9. The van der Waals surface area contributed by atoms with Gasteiger partial charge in [0.25, 0.3) is 11.1 Å². The third-order valence-corrected chi connectivity index (χ3v) is 5.95. The molecule has 0 unspecified atom stereocenters. The molecule has 2 heterocycles. The summed E-state index contributed by atoms with van der Waals surface area (Å²) in [6, 6.07) is 19.6. The Morgan fingerprint density at radius 3 is 2.58 bits per heavy atom. The minimum absolute atomic E-state index is 0.0365. The summed E-state index contributed by atoms with van der Waals surface area (Å²) in [4.78, 5) is 12.9. The number of hydrogen-bond acceptors (Lipinski definition) is 6. The van der Waals surface area contributed by atoms with Crippen molar-refractivity contribution in [1.29, 1.82) is 0 Å². The van der Waals surface area contributed by atoms with E-state index in [1.54, 1.807) is 7.11 Å². The molecule has 4 aromatic rings. The molecule has 2 aromatic heterocycles. The molecule has 0 fully saturated rings. The lowest BCUT2D eigenvalue weighted by Gasteiger charge is -2.09. The molecule has 7 heteroatoms. The Labute approximate surface area is 185 Å². The quantitative estimate of drug-likeness (QED) is 0.281. The van der Waals surface area contributed by atoms with E-state index in [-0.39, 0.29) is 11.5 Å². The van der Waals surface area contributed by atoms with E-state index in [1.165, 1.54) is 17.3 Å². The van der Waals surface area contributed by atoms with Crippen molar-refractivity contribution in [3.63, 3.8) is 0 Å². The second kappa shape index (κ2) is 9.22. The first-order chi connectivity index (χ1) is 15.1. The molecule has 6 nitrogen and oxygen atoms in total. The van der Waals surface area contributed by atoms with Gasteiger partial charge in [0.15, 0.2) is 5.78 Å². The van der Waals surface area contributed by atoms with Crippen LogP contribution < -0.4 is 4.74 Å². The Morgan fingerprint density at radius 1 is 1.06 bits per heavy atom. The minimum Gasteiger partial charge on any atom is -0.496 e. The lowest BCUT2D eigenvalue weighted by Crippen LogP contribution is -2.07. The number of carbonyl (C=O) groups excluding carboxylic acids is 1. The van der Waals surface area contributed by atoms with Crippen LogP contribution in [0.5, 0.6) is 5.75 Å². The molecule has 4 rings (SSSR count). The number of ketones is 1. The van der Waals surface area contributed by atoms with Gasteiger partial charge in [0, 0.05) is 23.5 Å². The van der Waals surface area contributed by atoms with Gasteiger partial charge >= 0.3 is 0 Å². The van der Waals surface area contributed by atoms with Crippen LogP contribution in [0.25, 0.3) is 11.5 Å². The zero-order valence-electron chi connectivity index (χ0n) is 17.7. The molecule has 0 radical (unpaired) electrons. The number of thioether (sulfide) groups is 1. The predicted octanol–water partition coefficient (Wildman–Crippen LogP) is 5.19. The number of aromatic nitrogens is 3. The highest BCUT2D eigenvalue weighted by atomic mass is 32.2. The highest BCUT2D eigenvalue weighted by molar-refractivity contribution is 7.99. The number of nitrogens with zero attached hydrogens (tertiary/aromatic N) is 3. The van der Waals surface area contributed by atoms with Crippen LogP contribution in [0.15, 0.2) is 70.3 Å². The zero-order valence-corrected chi connectivity index (χ0v) is 18.5. The van der Waals surface area contributed by atoms with Crippen LogP contribution in [0, 0.1) is 13.8 Å². The standard InChI is InChI=1S/C24H23N3O3S/c1-16-13-20(17(2)27(16)14-18-9-5-4-6-10-18)21(28)15-31-24-26-25-23(30-24)19-11-7-8-12-22(19)29-3/h4-13H,14-15H2,1-3H3. The number of methoxy groups -OCH3 is 1. The molecule has 0 bridgehead atoms. The number of Topliss-reactive ketones (excluding diaryl/α,β-unsaturated/α-hetero) is 1. The van der Waals surface area contributed by atoms with Gasteiger partial charge in [0.1, 0.15) is 5.75 Å². The maximum Gasteiger partial charge on any atom is 0.277 e. The maximum atomic E-state index is 12.9. The molecule has 2 aromatic carbocycles. The summed E-state index contributed by atoms with van der Waals surface area (Å²) in [7, 11) is 1.60. The number of ether oxygens (including phenoxy) is 1. The fourth-order valence-corrected chi connectivity index (χ4v) is 4.14. The van der Waals surface area contributed by atoms with Crippen molar-refractivity contribution in [3.05, 3.63) is 83.2 Å². The van der Waals surface area contributed by atoms with Crippen LogP contribution in [0.3, 0.4) is 0 Å².